The van der Waals surface area contributed by atoms with Crippen molar-refractivity contribution in [3.63, 3.8) is 0 Å². The highest BCUT2D eigenvalue weighted by Crippen LogP contribution is 2.29. The van der Waals surface area contributed by atoms with Crippen LogP contribution in [0.2, 0.25) is 0 Å². The number of rotatable bonds is 3. The molecular formula is C14H11BrFN3. The Kier molecular flexibility index (Phi) is 4.03. The summed E-state index contributed by atoms with van der Waals surface area (Å²) in [6.45, 7) is 0. The molecule has 5 heteroatoms. The summed E-state index contributed by atoms with van der Waals surface area (Å²) in [5.41, 5.74) is 8.50. The van der Waals surface area contributed by atoms with Crippen LogP contribution in [0, 0.1) is 17.1 Å². The van der Waals surface area contributed by atoms with Crippen LogP contribution in [0.25, 0.3) is 0 Å². The lowest BCUT2D eigenvalue weighted by molar-refractivity contribution is 0.622. The average molecular weight is 320 g/mol. The lowest BCUT2D eigenvalue weighted by atomic mass is 10.1. The van der Waals surface area contributed by atoms with Crippen LogP contribution < -0.4 is 11.1 Å². The van der Waals surface area contributed by atoms with E-state index in [0.717, 1.165) is 11.3 Å². The van der Waals surface area contributed by atoms with Gasteiger partial charge in [-0.05, 0) is 39.7 Å². The zero-order valence-electron chi connectivity index (χ0n) is 9.95. The molecule has 0 aromatic heterocycles. The highest BCUT2D eigenvalue weighted by Gasteiger charge is 2.06. The van der Waals surface area contributed by atoms with Gasteiger partial charge in [0.25, 0.3) is 0 Å². The van der Waals surface area contributed by atoms with Gasteiger partial charge in [0.15, 0.2) is 0 Å². The van der Waals surface area contributed by atoms with Gasteiger partial charge in [-0.3, -0.25) is 0 Å². The monoisotopic (exact) mass is 319 g/mol. The minimum Gasteiger partial charge on any atom is -0.397 e. The first kappa shape index (κ1) is 13.4. The van der Waals surface area contributed by atoms with E-state index in [1.807, 2.05) is 24.3 Å². The number of anilines is 3. The van der Waals surface area contributed by atoms with Gasteiger partial charge in [0.2, 0.25) is 0 Å². The summed E-state index contributed by atoms with van der Waals surface area (Å²) in [4.78, 5) is 0. The van der Waals surface area contributed by atoms with E-state index in [0.29, 0.717) is 22.3 Å². The number of nitrogen functional groups attached to an aromatic ring is 1. The molecule has 2 aromatic rings. The second-order valence-corrected chi connectivity index (χ2v) is 4.86. The zero-order chi connectivity index (χ0) is 13.8. The number of halogens is 2. The number of hydrogen-bond acceptors (Lipinski definition) is 3. The van der Waals surface area contributed by atoms with Gasteiger partial charge in [0.05, 0.1) is 28.3 Å². The van der Waals surface area contributed by atoms with Crippen LogP contribution in [0.1, 0.15) is 5.56 Å². The standard InChI is InChI=1S/C14H11BrFN3/c15-11-7-13(18)14(8-12(11)16)19-10-3-1-9(2-4-10)5-6-17/h1-4,7-8,19H,5,18H2. The zero-order valence-corrected chi connectivity index (χ0v) is 11.5. The molecule has 0 saturated carbocycles. The van der Waals surface area contributed by atoms with Crippen LogP contribution >= 0.6 is 15.9 Å². The molecule has 0 unspecified atom stereocenters. The molecule has 0 aliphatic carbocycles. The molecule has 0 radical (unpaired) electrons. The van der Waals surface area contributed by atoms with E-state index in [4.69, 9.17) is 11.0 Å². The van der Waals surface area contributed by atoms with Gasteiger partial charge < -0.3 is 11.1 Å². The lowest BCUT2D eigenvalue weighted by Crippen LogP contribution is -1.98. The number of benzene rings is 2. The summed E-state index contributed by atoms with van der Waals surface area (Å²) in [7, 11) is 0. The molecule has 0 aliphatic rings. The van der Waals surface area contributed by atoms with Crippen molar-refractivity contribution in [3.8, 4) is 6.07 Å². The van der Waals surface area contributed by atoms with Crippen molar-refractivity contribution in [1.29, 1.82) is 5.26 Å². The maximum atomic E-state index is 13.4. The normalized spacial score (nSPS) is 9.95. The Hall–Kier alpha value is -2.06. The predicted molar refractivity (Wildman–Crippen MR) is 77.6 cm³/mol. The van der Waals surface area contributed by atoms with Crippen molar-refractivity contribution in [2.75, 3.05) is 11.1 Å². The van der Waals surface area contributed by atoms with E-state index < -0.39 is 0 Å². The summed E-state index contributed by atoms with van der Waals surface area (Å²) in [5.74, 6) is -0.377. The first-order valence-electron chi connectivity index (χ1n) is 5.57. The van der Waals surface area contributed by atoms with E-state index in [1.54, 1.807) is 0 Å². The Morgan fingerprint density at radius 3 is 2.58 bits per heavy atom. The molecule has 2 aromatic carbocycles. The molecule has 0 bridgehead atoms. The van der Waals surface area contributed by atoms with Crippen LogP contribution in [0.4, 0.5) is 21.5 Å². The Labute approximate surface area is 119 Å². The summed E-state index contributed by atoms with van der Waals surface area (Å²) in [6.07, 6.45) is 0.370. The van der Waals surface area contributed by atoms with Gasteiger partial charge in [-0.15, -0.1) is 0 Å². The second kappa shape index (κ2) is 5.72. The Morgan fingerprint density at radius 2 is 1.95 bits per heavy atom. The number of hydrogen-bond donors (Lipinski definition) is 2. The third kappa shape index (κ3) is 3.24. The Morgan fingerprint density at radius 1 is 1.26 bits per heavy atom. The Bertz CT molecular complexity index is 632. The predicted octanol–water partition coefficient (Wildman–Crippen LogP) is 3.98. The molecule has 19 heavy (non-hydrogen) atoms. The van der Waals surface area contributed by atoms with E-state index in [-0.39, 0.29) is 5.82 Å². The lowest BCUT2D eigenvalue weighted by Gasteiger charge is -2.10. The molecule has 0 heterocycles. The van der Waals surface area contributed by atoms with Crippen LogP contribution in [-0.2, 0) is 6.42 Å². The summed E-state index contributed by atoms with van der Waals surface area (Å²) in [5, 5.41) is 11.6. The first-order valence-corrected chi connectivity index (χ1v) is 6.37. The number of nitriles is 1. The van der Waals surface area contributed by atoms with Gasteiger partial charge in [-0.2, -0.15) is 5.26 Å². The highest BCUT2D eigenvalue weighted by atomic mass is 79.9. The van der Waals surface area contributed by atoms with E-state index >= 15 is 0 Å². The highest BCUT2D eigenvalue weighted by molar-refractivity contribution is 9.10. The topological polar surface area (TPSA) is 61.8 Å². The van der Waals surface area contributed by atoms with Crippen molar-refractivity contribution in [3.05, 3.63) is 52.3 Å². The molecule has 3 N–H and O–H groups in total. The van der Waals surface area contributed by atoms with Crippen molar-refractivity contribution in [2.45, 2.75) is 6.42 Å². The molecular weight excluding hydrogens is 309 g/mol. The molecule has 0 spiro atoms. The van der Waals surface area contributed by atoms with Gasteiger partial charge in [-0.1, -0.05) is 12.1 Å². The fraction of sp³-hybridized carbons (Fsp3) is 0.0714. The van der Waals surface area contributed by atoms with Gasteiger partial charge in [0, 0.05) is 11.8 Å². The van der Waals surface area contributed by atoms with E-state index in [2.05, 4.69) is 27.3 Å². The van der Waals surface area contributed by atoms with E-state index in [1.165, 1.54) is 12.1 Å². The summed E-state index contributed by atoms with van der Waals surface area (Å²) >= 11 is 3.08. The minimum absolute atomic E-state index is 0.333. The molecule has 0 fully saturated rings. The Balaban J connectivity index is 2.22. The fourth-order valence-electron chi connectivity index (χ4n) is 1.62. The fourth-order valence-corrected chi connectivity index (χ4v) is 1.98. The van der Waals surface area contributed by atoms with Gasteiger partial charge in [0.1, 0.15) is 5.82 Å². The number of nitrogens with two attached hydrogens (primary N) is 1. The van der Waals surface area contributed by atoms with E-state index in [9.17, 15) is 4.39 Å². The van der Waals surface area contributed by atoms with Gasteiger partial charge >= 0.3 is 0 Å². The van der Waals surface area contributed by atoms with Crippen molar-refractivity contribution < 1.29 is 4.39 Å². The van der Waals surface area contributed by atoms with Crippen molar-refractivity contribution in [1.82, 2.24) is 0 Å². The third-order valence-electron chi connectivity index (χ3n) is 2.61. The average Bonchev–Trinajstić information content (AvgIpc) is 2.38. The molecule has 0 amide bonds. The first-order chi connectivity index (χ1) is 9.10. The molecule has 0 atom stereocenters. The smallest absolute Gasteiger partial charge is 0.139 e. The van der Waals surface area contributed by atoms with Gasteiger partial charge in [-0.25, -0.2) is 4.39 Å². The molecule has 96 valence electrons. The third-order valence-corrected chi connectivity index (χ3v) is 3.22. The minimum atomic E-state index is -0.377. The largest absolute Gasteiger partial charge is 0.397 e. The van der Waals surface area contributed by atoms with Crippen LogP contribution in [-0.4, -0.2) is 0 Å². The molecule has 3 nitrogen and oxygen atoms in total. The number of nitrogens with one attached hydrogen (secondary N) is 1. The van der Waals surface area contributed by atoms with Crippen LogP contribution in [0.5, 0.6) is 0 Å². The SMILES string of the molecule is N#CCc1ccc(Nc2cc(F)c(Br)cc2N)cc1. The summed E-state index contributed by atoms with van der Waals surface area (Å²) < 4.78 is 13.8. The second-order valence-electron chi connectivity index (χ2n) is 4.01. The van der Waals surface area contributed by atoms with Crippen LogP contribution in [0.15, 0.2) is 40.9 Å². The maximum Gasteiger partial charge on any atom is 0.139 e. The summed E-state index contributed by atoms with van der Waals surface area (Å²) in [6, 6.07) is 12.3. The van der Waals surface area contributed by atoms with Crippen molar-refractivity contribution >= 4 is 33.0 Å². The van der Waals surface area contributed by atoms with Crippen LogP contribution in [0.3, 0.4) is 0 Å². The number of nitrogens with zero attached hydrogens (tertiary/aromatic N) is 1. The quantitative estimate of drug-likeness (QED) is 0.841. The maximum absolute atomic E-state index is 13.4. The molecule has 0 saturated heterocycles. The molecule has 2 rings (SSSR count). The van der Waals surface area contributed by atoms with Crippen molar-refractivity contribution in [2.24, 2.45) is 0 Å². The molecule has 0 aliphatic heterocycles.